The van der Waals surface area contributed by atoms with Gasteiger partial charge in [0.25, 0.3) is 0 Å². The predicted octanol–water partition coefficient (Wildman–Crippen LogP) is 0.847. The number of benzene rings is 1. The van der Waals surface area contributed by atoms with Crippen LogP contribution in [0.1, 0.15) is 0 Å². The number of aliphatic carboxylic acids is 1. The Bertz CT molecular complexity index is 722. The van der Waals surface area contributed by atoms with E-state index in [-0.39, 0.29) is 10.6 Å². The van der Waals surface area contributed by atoms with Crippen molar-refractivity contribution in [3.05, 3.63) is 30.6 Å². The molecule has 2 rings (SSSR count). The fourth-order valence-corrected chi connectivity index (χ4v) is 2.76. The largest absolute Gasteiger partial charge is 0.481 e. The zero-order chi connectivity index (χ0) is 14.8. The number of carboxylic acid groups (broad SMARTS) is 1. The van der Waals surface area contributed by atoms with Gasteiger partial charge in [0.15, 0.2) is 15.0 Å². The molecule has 20 heavy (non-hydrogen) atoms. The average molecular weight is 313 g/mol. The lowest BCUT2D eigenvalue weighted by Crippen LogP contribution is -2.02. The first kappa shape index (κ1) is 14.5. The van der Waals surface area contributed by atoms with E-state index in [2.05, 4.69) is 10.2 Å². The predicted molar refractivity (Wildman–Crippen MR) is 72.8 cm³/mol. The first-order valence-electron chi connectivity index (χ1n) is 5.43. The van der Waals surface area contributed by atoms with Crippen molar-refractivity contribution >= 4 is 27.6 Å². The highest BCUT2D eigenvalue weighted by atomic mass is 32.2. The van der Waals surface area contributed by atoms with Gasteiger partial charge in [-0.15, -0.1) is 10.2 Å². The van der Waals surface area contributed by atoms with E-state index in [1.807, 2.05) is 0 Å². The van der Waals surface area contributed by atoms with E-state index < -0.39 is 15.8 Å². The van der Waals surface area contributed by atoms with E-state index in [0.29, 0.717) is 10.8 Å². The van der Waals surface area contributed by atoms with Gasteiger partial charge in [-0.2, -0.15) is 0 Å². The average Bonchev–Trinajstić information content (AvgIpc) is 2.83. The maximum absolute atomic E-state index is 11.4. The summed E-state index contributed by atoms with van der Waals surface area (Å²) in [6.45, 7) is 0. The summed E-state index contributed by atoms with van der Waals surface area (Å²) in [5, 5.41) is 16.6. The highest BCUT2D eigenvalue weighted by molar-refractivity contribution is 7.99. The molecule has 0 atom stereocenters. The number of nitrogens with zero attached hydrogens (tertiary/aromatic N) is 3. The molecule has 106 valence electrons. The lowest BCUT2D eigenvalue weighted by molar-refractivity contribution is -0.133. The Hall–Kier alpha value is -1.87. The van der Waals surface area contributed by atoms with E-state index >= 15 is 0 Å². The Morgan fingerprint density at radius 1 is 1.35 bits per heavy atom. The molecule has 0 fully saturated rings. The summed E-state index contributed by atoms with van der Waals surface area (Å²) in [4.78, 5) is 10.8. The van der Waals surface area contributed by atoms with Crippen LogP contribution in [0.3, 0.4) is 0 Å². The summed E-state index contributed by atoms with van der Waals surface area (Å²) in [6.07, 6.45) is 2.58. The first-order chi connectivity index (χ1) is 9.38. The first-order valence-corrected chi connectivity index (χ1v) is 8.31. The second kappa shape index (κ2) is 5.63. The van der Waals surface area contributed by atoms with Gasteiger partial charge < -0.3 is 5.11 Å². The minimum Gasteiger partial charge on any atom is -0.481 e. The zero-order valence-corrected chi connectivity index (χ0v) is 12.1. The Balaban J connectivity index is 2.28. The molecule has 0 bridgehead atoms. The van der Waals surface area contributed by atoms with Gasteiger partial charge in [0.2, 0.25) is 0 Å². The highest BCUT2D eigenvalue weighted by Gasteiger charge is 2.11. The van der Waals surface area contributed by atoms with Crippen molar-refractivity contribution in [2.75, 3.05) is 12.0 Å². The van der Waals surface area contributed by atoms with Crippen molar-refractivity contribution in [3.63, 3.8) is 0 Å². The maximum atomic E-state index is 11.4. The van der Waals surface area contributed by atoms with E-state index in [0.717, 1.165) is 18.0 Å². The number of rotatable bonds is 5. The Kier molecular flexibility index (Phi) is 4.09. The molecule has 0 saturated heterocycles. The third kappa shape index (κ3) is 3.36. The van der Waals surface area contributed by atoms with Gasteiger partial charge in [-0.1, -0.05) is 11.8 Å². The van der Waals surface area contributed by atoms with Crippen LogP contribution in [-0.2, 0) is 14.6 Å². The molecule has 2 aromatic rings. The topological polar surface area (TPSA) is 102 Å². The van der Waals surface area contributed by atoms with Crippen LogP contribution in [0.25, 0.3) is 5.69 Å². The summed E-state index contributed by atoms with van der Waals surface area (Å²) in [5.41, 5.74) is 0.662. The maximum Gasteiger partial charge on any atom is 0.313 e. The Labute approximate surface area is 119 Å². The Morgan fingerprint density at radius 2 is 2.00 bits per heavy atom. The lowest BCUT2D eigenvalue weighted by atomic mass is 10.3. The molecular weight excluding hydrogens is 302 g/mol. The molecule has 0 spiro atoms. The second-order valence-corrected chi connectivity index (χ2v) is 6.89. The number of carboxylic acids is 1. The van der Waals surface area contributed by atoms with Crippen molar-refractivity contribution in [1.29, 1.82) is 0 Å². The highest BCUT2D eigenvalue weighted by Crippen LogP contribution is 2.20. The third-order valence-corrected chi connectivity index (χ3v) is 4.44. The summed E-state index contributed by atoms with van der Waals surface area (Å²) >= 11 is 1.04. The molecule has 9 heteroatoms. The van der Waals surface area contributed by atoms with Crippen LogP contribution in [-0.4, -0.2) is 46.3 Å². The molecule has 1 N–H and O–H groups in total. The van der Waals surface area contributed by atoms with Crippen LogP contribution >= 0.6 is 11.8 Å². The number of carbonyl (C=O) groups is 1. The number of hydrogen-bond donors (Lipinski definition) is 1. The molecule has 1 heterocycles. The minimum atomic E-state index is -3.24. The second-order valence-electron chi connectivity index (χ2n) is 3.93. The molecule has 7 nitrogen and oxygen atoms in total. The monoisotopic (exact) mass is 313 g/mol. The van der Waals surface area contributed by atoms with Crippen LogP contribution in [0.2, 0.25) is 0 Å². The Morgan fingerprint density at radius 3 is 2.55 bits per heavy atom. The number of thioether (sulfide) groups is 1. The molecule has 1 aromatic carbocycles. The van der Waals surface area contributed by atoms with Crippen LogP contribution in [0.15, 0.2) is 40.6 Å². The number of sulfone groups is 1. The molecule has 0 saturated carbocycles. The molecule has 0 radical (unpaired) electrons. The van der Waals surface area contributed by atoms with Crippen molar-refractivity contribution in [3.8, 4) is 5.69 Å². The molecule has 0 aliphatic heterocycles. The summed E-state index contributed by atoms with van der Waals surface area (Å²) in [6, 6.07) is 6.20. The lowest BCUT2D eigenvalue weighted by Gasteiger charge is -2.06. The van der Waals surface area contributed by atoms with E-state index in [1.165, 1.54) is 18.5 Å². The van der Waals surface area contributed by atoms with E-state index in [4.69, 9.17) is 5.11 Å². The van der Waals surface area contributed by atoms with E-state index in [9.17, 15) is 13.2 Å². The van der Waals surface area contributed by atoms with Gasteiger partial charge in [-0.3, -0.25) is 9.36 Å². The standard InChI is InChI=1S/C11H11N3O4S2/c1-20(17,18)9-4-2-8(3-5-9)14-7-12-13-11(14)19-6-10(15)16/h2-5,7H,6H2,1H3,(H,15,16). The van der Waals surface area contributed by atoms with Crippen molar-refractivity contribution in [2.45, 2.75) is 10.1 Å². The van der Waals surface area contributed by atoms with Gasteiger partial charge >= 0.3 is 5.97 Å². The van der Waals surface area contributed by atoms with Crippen molar-refractivity contribution in [1.82, 2.24) is 14.8 Å². The van der Waals surface area contributed by atoms with Crippen LogP contribution in [0.5, 0.6) is 0 Å². The van der Waals surface area contributed by atoms with Gasteiger partial charge in [0.05, 0.1) is 10.6 Å². The fraction of sp³-hybridized carbons (Fsp3) is 0.182. The van der Waals surface area contributed by atoms with Gasteiger partial charge in [-0.25, -0.2) is 8.42 Å². The van der Waals surface area contributed by atoms with Gasteiger partial charge in [-0.05, 0) is 24.3 Å². The van der Waals surface area contributed by atoms with Gasteiger partial charge in [0, 0.05) is 11.9 Å². The SMILES string of the molecule is CS(=O)(=O)c1ccc(-n2cnnc2SCC(=O)O)cc1. The summed E-state index contributed by atoms with van der Waals surface area (Å²) in [5.74, 6) is -1.07. The normalized spacial score (nSPS) is 11.4. The van der Waals surface area contributed by atoms with Crippen molar-refractivity contribution < 1.29 is 18.3 Å². The van der Waals surface area contributed by atoms with Gasteiger partial charge in [0.1, 0.15) is 6.33 Å². The molecule has 0 amide bonds. The zero-order valence-electron chi connectivity index (χ0n) is 10.4. The quantitative estimate of drug-likeness (QED) is 0.816. The molecular formula is C11H11N3O4S2. The smallest absolute Gasteiger partial charge is 0.313 e. The number of hydrogen-bond acceptors (Lipinski definition) is 6. The molecule has 1 aromatic heterocycles. The van der Waals surface area contributed by atoms with E-state index in [1.54, 1.807) is 16.7 Å². The molecule has 0 unspecified atom stereocenters. The van der Waals surface area contributed by atoms with Crippen LogP contribution < -0.4 is 0 Å². The van der Waals surface area contributed by atoms with Crippen molar-refractivity contribution in [2.24, 2.45) is 0 Å². The van der Waals surface area contributed by atoms with Crippen LogP contribution in [0.4, 0.5) is 0 Å². The molecule has 0 aliphatic rings. The van der Waals surface area contributed by atoms with Crippen LogP contribution in [0, 0.1) is 0 Å². The molecule has 0 aliphatic carbocycles. The fourth-order valence-electron chi connectivity index (χ4n) is 1.48. The third-order valence-electron chi connectivity index (χ3n) is 2.38. The summed E-state index contributed by atoms with van der Waals surface area (Å²) in [7, 11) is -3.24. The summed E-state index contributed by atoms with van der Waals surface area (Å²) < 4.78 is 24.3. The minimum absolute atomic E-state index is 0.125. The number of aromatic nitrogens is 3.